The van der Waals surface area contributed by atoms with Gasteiger partial charge in [-0.15, -0.1) is 0 Å². The van der Waals surface area contributed by atoms with Crippen molar-refractivity contribution >= 4 is 22.6 Å². The molecule has 0 radical (unpaired) electrons. The topological polar surface area (TPSA) is 48.0 Å². The van der Waals surface area contributed by atoms with Crippen LogP contribution in [0.3, 0.4) is 0 Å². The van der Waals surface area contributed by atoms with E-state index in [0.717, 1.165) is 38.9 Å². The highest BCUT2D eigenvalue weighted by atomic mass is 28.4. The Morgan fingerprint density at radius 1 is 0.600 bits per heavy atom. The Morgan fingerprint density at radius 3 is 1.33 bits per heavy atom. The summed E-state index contributed by atoms with van der Waals surface area (Å²) in [5.74, 6) is -0.0836. The second-order valence-electron chi connectivity index (χ2n) is 16.8. The molecule has 0 heterocycles. The summed E-state index contributed by atoms with van der Waals surface area (Å²) in [6, 6.07) is 0. The van der Waals surface area contributed by atoms with E-state index >= 15 is 0 Å². The zero-order valence-electron chi connectivity index (χ0n) is 32.9. The van der Waals surface area contributed by atoms with Crippen LogP contribution in [-0.4, -0.2) is 66.0 Å². The largest absolute Gasteiger partial charge is 0.466 e. The summed E-state index contributed by atoms with van der Waals surface area (Å²) < 4.78 is 19.6. The molecule has 2 atom stereocenters. The molecule has 7 heteroatoms. The number of esters is 1. The third-order valence-electron chi connectivity index (χ3n) is 10.4. The molecule has 0 aliphatic rings. The standard InChI is InChI=1S/C38H81NO4Si2/c1-14-17-19-21-23-25-28-34(42-44(10,11)37(4,5)6)32-39(31-27-30-36(40)41-16-3)33-35(29-26-24-22-20-18-15-2)43-45(12,13)38(7,8)9/h34-35H,14-33H2,1-13H3. The van der Waals surface area contributed by atoms with Crippen molar-refractivity contribution in [2.24, 2.45) is 0 Å². The van der Waals surface area contributed by atoms with Gasteiger partial charge in [-0.25, -0.2) is 0 Å². The van der Waals surface area contributed by atoms with E-state index in [1.807, 2.05) is 6.92 Å². The van der Waals surface area contributed by atoms with Gasteiger partial charge in [0.2, 0.25) is 0 Å². The van der Waals surface area contributed by atoms with E-state index in [0.29, 0.717) is 13.0 Å². The zero-order valence-corrected chi connectivity index (χ0v) is 34.9. The summed E-state index contributed by atoms with van der Waals surface area (Å²) in [4.78, 5) is 14.9. The maximum absolute atomic E-state index is 12.3. The number of hydrogen-bond acceptors (Lipinski definition) is 5. The normalized spacial score (nSPS) is 14.6. The second-order valence-corrected chi connectivity index (χ2v) is 26.3. The second kappa shape index (κ2) is 23.2. The fourth-order valence-electron chi connectivity index (χ4n) is 5.38. The molecule has 0 spiro atoms. The molecule has 0 saturated carbocycles. The monoisotopic (exact) mass is 672 g/mol. The molecule has 0 aromatic rings. The van der Waals surface area contributed by atoms with Crippen LogP contribution in [0, 0.1) is 0 Å². The Labute approximate surface area is 285 Å². The molecule has 0 N–H and O–H groups in total. The van der Waals surface area contributed by atoms with Crippen LogP contribution in [0.5, 0.6) is 0 Å². The van der Waals surface area contributed by atoms with Crippen LogP contribution in [0.4, 0.5) is 0 Å². The van der Waals surface area contributed by atoms with Crippen molar-refractivity contribution < 1.29 is 18.4 Å². The average molecular weight is 672 g/mol. The minimum absolute atomic E-state index is 0.0836. The number of unbranched alkanes of at least 4 members (excludes halogenated alkanes) is 10. The molecule has 0 bridgehead atoms. The molecule has 2 unspecified atom stereocenters. The Bertz CT molecular complexity index is 695. The molecule has 0 aromatic carbocycles. The molecule has 270 valence electrons. The molecule has 5 nitrogen and oxygen atoms in total. The number of hydrogen-bond donors (Lipinski definition) is 0. The van der Waals surface area contributed by atoms with E-state index in [9.17, 15) is 4.79 Å². The van der Waals surface area contributed by atoms with Crippen LogP contribution >= 0.6 is 0 Å². The van der Waals surface area contributed by atoms with Gasteiger partial charge in [0.15, 0.2) is 16.6 Å². The Kier molecular flexibility index (Phi) is 23.1. The van der Waals surface area contributed by atoms with Gasteiger partial charge in [0.05, 0.1) is 18.8 Å². The van der Waals surface area contributed by atoms with Gasteiger partial charge in [0.25, 0.3) is 0 Å². The van der Waals surface area contributed by atoms with Crippen molar-refractivity contribution in [1.29, 1.82) is 0 Å². The third kappa shape index (κ3) is 20.7. The lowest BCUT2D eigenvalue weighted by Gasteiger charge is -2.42. The van der Waals surface area contributed by atoms with E-state index in [-0.39, 0.29) is 28.3 Å². The Balaban J connectivity index is 6.01. The summed E-state index contributed by atoms with van der Waals surface area (Å²) in [7, 11) is -3.88. The predicted octanol–water partition coefficient (Wildman–Crippen LogP) is 11.9. The van der Waals surface area contributed by atoms with Crippen LogP contribution in [-0.2, 0) is 18.4 Å². The van der Waals surface area contributed by atoms with E-state index in [1.165, 1.54) is 77.0 Å². The number of rotatable bonds is 27. The summed E-state index contributed by atoms with van der Waals surface area (Å²) in [5.41, 5.74) is 0. The lowest BCUT2D eigenvalue weighted by atomic mass is 10.1. The fourth-order valence-corrected chi connectivity index (χ4v) is 8.14. The maximum Gasteiger partial charge on any atom is 0.305 e. The van der Waals surface area contributed by atoms with E-state index in [1.54, 1.807) is 0 Å². The fraction of sp³-hybridized carbons (Fsp3) is 0.974. The molecule has 0 aromatic heterocycles. The smallest absolute Gasteiger partial charge is 0.305 e. The molecule has 45 heavy (non-hydrogen) atoms. The third-order valence-corrected chi connectivity index (χ3v) is 19.4. The molecular weight excluding hydrogens is 591 g/mol. The molecule has 0 amide bonds. The first-order chi connectivity index (χ1) is 20.9. The van der Waals surface area contributed by atoms with Crippen molar-refractivity contribution in [2.75, 3.05) is 26.2 Å². The first-order valence-corrected chi connectivity index (χ1v) is 24.9. The Hall–Kier alpha value is -0.216. The van der Waals surface area contributed by atoms with Gasteiger partial charge in [-0.3, -0.25) is 9.69 Å². The Morgan fingerprint density at radius 2 is 0.978 bits per heavy atom. The number of ether oxygens (including phenoxy) is 1. The van der Waals surface area contributed by atoms with Gasteiger partial charge in [-0.2, -0.15) is 0 Å². The summed E-state index contributed by atoms with van der Waals surface area (Å²) in [5, 5.41) is 0.347. The van der Waals surface area contributed by atoms with Crippen LogP contribution in [0.2, 0.25) is 36.3 Å². The summed E-state index contributed by atoms with van der Waals surface area (Å²) >= 11 is 0. The van der Waals surface area contributed by atoms with Crippen molar-refractivity contribution in [2.45, 2.75) is 214 Å². The first-order valence-electron chi connectivity index (χ1n) is 19.1. The van der Waals surface area contributed by atoms with Gasteiger partial charge in [0, 0.05) is 19.5 Å². The summed E-state index contributed by atoms with van der Waals surface area (Å²) in [6.07, 6.45) is 19.5. The van der Waals surface area contributed by atoms with Crippen LogP contribution in [0.25, 0.3) is 0 Å². The van der Waals surface area contributed by atoms with E-state index < -0.39 is 16.6 Å². The highest BCUT2D eigenvalue weighted by Crippen LogP contribution is 2.39. The van der Waals surface area contributed by atoms with E-state index in [4.69, 9.17) is 13.6 Å². The van der Waals surface area contributed by atoms with Crippen LogP contribution in [0.1, 0.15) is 165 Å². The van der Waals surface area contributed by atoms with Crippen molar-refractivity contribution in [3.63, 3.8) is 0 Å². The van der Waals surface area contributed by atoms with Crippen molar-refractivity contribution in [3.05, 3.63) is 0 Å². The lowest BCUT2D eigenvalue weighted by Crippen LogP contribution is -2.50. The molecule has 0 aliphatic heterocycles. The number of carbonyl (C=O) groups is 1. The van der Waals surface area contributed by atoms with Crippen LogP contribution < -0.4 is 0 Å². The van der Waals surface area contributed by atoms with Gasteiger partial charge < -0.3 is 13.6 Å². The van der Waals surface area contributed by atoms with Gasteiger partial charge in [-0.05, 0) is 69.0 Å². The minimum atomic E-state index is -1.94. The molecule has 0 rings (SSSR count). The van der Waals surface area contributed by atoms with Gasteiger partial charge in [-0.1, -0.05) is 132 Å². The maximum atomic E-state index is 12.3. The molecule has 0 aliphatic carbocycles. The SMILES string of the molecule is CCCCCCCCC(CN(CCCC(=O)OCC)CC(CCCCCCCC)O[Si](C)(C)C(C)(C)C)O[Si](C)(C)C(C)(C)C. The highest BCUT2D eigenvalue weighted by Gasteiger charge is 2.41. The minimum Gasteiger partial charge on any atom is -0.466 e. The van der Waals surface area contributed by atoms with Crippen LogP contribution in [0.15, 0.2) is 0 Å². The lowest BCUT2D eigenvalue weighted by molar-refractivity contribution is -0.143. The molecule has 0 fully saturated rings. The highest BCUT2D eigenvalue weighted by molar-refractivity contribution is 6.74. The van der Waals surface area contributed by atoms with E-state index in [2.05, 4.69) is 86.5 Å². The zero-order chi connectivity index (χ0) is 34.6. The van der Waals surface area contributed by atoms with Gasteiger partial charge in [0.1, 0.15) is 0 Å². The average Bonchev–Trinajstić information content (AvgIpc) is 2.90. The van der Waals surface area contributed by atoms with Crippen molar-refractivity contribution in [3.8, 4) is 0 Å². The number of nitrogens with zero attached hydrogens (tertiary/aromatic N) is 1. The first kappa shape index (κ1) is 44.8. The summed E-state index contributed by atoms with van der Waals surface area (Å²) in [6.45, 7) is 33.3. The van der Waals surface area contributed by atoms with Crippen molar-refractivity contribution in [1.82, 2.24) is 4.90 Å². The molecule has 0 saturated heterocycles. The molecular formula is C38H81NO4Si2. The van der Waals surface area contributed by atoms with Gasteiger partial charge >= 0.3 is 5.97 Å². The quantitative estimate of drug-likeness (QED) is 0.0494. The predicted molar refractivity (Wildman–Crippen MR) is 202 cm³/mol. The number of carbonyl (C=O) groups excluding carboxylic acids is 1.